The van der Waals surface area contributed by atoms with Gasteiger partial charge in [-0.05, 0) is 101 Å². The van der Waals surface area contributed by atoms with Crippen molar-refractivity contribution in [2.75, 3.05) is 32.1 Å². The number of nitrogens with zero attached hydrogens (tertiary/aromatic N) is 1. The van der Waals surface area contributed by atoms with Gasteiger partial charge in [-0.1, -0.05) is 24.3 Å². The normalized spacial score (nSPS) is 18.2. The molecule has 206 valence electrons. The zero-order valence-corrected chi connectivity index (χ0v) is 22.8. The molecule has 1 N–H and O–H groups in total. The smallest absolute Gasteiger partial charge is 0.446 e. The molecule has 0 unspecified atom stereocenters. The van der Waals surface area contributed by atoms with Crippen molar-refractivity contribution in [3.8, 4) is 11.5 Å². The molecule has 1 saturated heterocycles. The average molecular weight is 576 g/mol. The third-order valence-electron chi connectivity index (χ3n) is 6.87. The molecule has 0 bridgehead atoms. The van der Waals surface area contributed by atoms with Gasteiger partial charge in [-0.3, -0.25) is 9.29 Å². The number of thioether (sulfide) groups is 2. The predicted octanol–water partition coefficient (Wildman–Crippen LogP) is 8.27. The molecule has 9 heteroatoms. The summed E-state index contributed by atoms with van der Waals surface area (Å²) >= 11 is 1.54. The molecule has 0 aliphatic carbocycles. The van der Waals surface area contributed by atoms with Crippen molar-refractivity contribution in [2.45, 2.75) is 40.7 Å². The number of halogens is 4. The first-order valence-electron chi connectivity index (χ1n) is 12.9. The van der Waals surface area contributed by atoms with Gasteiger partial charge in [0.05, 0.1) is 6.67 Å². The Hall–Kier alpha value is -2.62. The second kappa shape index (κ2) is 12.3. The van der Waals surface area contributed by atoms with Crippen LogP contribution in [0.2, 0.25) is 0 Å². The molecule has 3 nitrogen and oxygen atoms in total. The Labute approximate surface area is 234 Å². The van der Waals surface area contributed by atoms with Crippen LogP contribution in [0.15, 0.2) is 76.5 Å². The zero-order chi connectivity index (χ0) is 27.4. The Kier molecular flexibility index (Phi) is 8.79. The van der Waals surface area contributed by atoms with Gasteiger partial charge in [0.1, 0.15) is 17.6 Å². The fourth-order valence-electron chi connectivity index (χ4n) is 5.14. The van der Waals surface area contributed by atoms with Gasteiger partial charge in [0.15, 0.2) is 0 Å². The van der Waals surface area contributed by atoms with Crippen LogP contribution in [0.1, 0.15) is 36.0 Å². The SMILES string of the molecule is Oc1ccc2c(c1)SCCC(c1ccc(SC(F)(F)F)cc1)=C2c1ccc(O[C@H]2CCN(CCCF)C2)cc1. The van der Waals surface area contributed by atoms with Gasteiger partial charge in [-0.2, -0.15) is 13.2 Å². The third-order valence-corrected chi connectivity index (χ3v) is 8.66. The van der Waals surface area contributed by atoms with Crippen LogP contribution in [0.4, 0.5) is 17.6 Å². The first-order chi connectivity index (χ1) is 18.8. The maximum absolute atomic E-state index is 12.9. The number of fused-ring (bicyclic) bond motifs is 1. The van der Waals surface area contributed by atoms with Crippen LogP contribution >= 0.6 is 23.5 Å². The van der Waals surface area contributed by atoms with Crippen LogP contribution in [0.5, 0.6) is 11.5 Å². The molecule has 1 atom stereocenters. The Morgan fingerprint density at radius 1 is 1.00 bits per heavy atom. The number of rotatable bonds is 8. The molecule has 3 aromatic rings. The minimum Gasteiger partial charge on any atom is -0.508 e. The Bertz CT molecular complexity index is 1310. The monoisotopic (exact) mass is 575 g/mol. The maximum atomic E-state index is 12.9. The van der Waals surface area contributed by atoms with Gasteiger partial charge in [0.25, 0.3) is 0 Å². The molecular formula is C30H29F4NO2S2. The van der Waals surface area contributed by atoms with E-state index < -0.39 is 5.51 Å². The number of alkyl halides is 4. The topological polar surface area (TPSA) is 32.7 Å². The van der Waals surface area contributed by atoms with Crippen molar-refractivity contribution >= 4 is 34.7 Å². The van der Waals surface area contributed by atoms with Crippen LogP contribution in [-0.4, -0.2) is 53.7 Å². The first-order valence-corrected chi connectivity index (χ1v) is 14.7. The number of aromatic hydroxyl groups is 1. The van der Waals surface area contributed by atoms with E-state index in [0.29, 0.717) is 6.42 Å². The summed E-state index contributed by atoms with van der Waals surface area (Å²) in [7, 11) is 0. The van der Waals surface area contributed by atoms with Crippen molar-refractivity contribution in [1.82, 2.24) is 4.90 Å². The maximum Gasteiger partial charge on any atom is 0.446 e. The summed E-state index contributed by atoms with van der Waals surface area (Å²) in [6.45, 7) is 2.13. The molecule has 0 spiro atoms. The Balaban J connectivity index is 1.45. The van der Waals surface area contributed by atoms with E-state index in [0.717, 1.165) is 76.7 Å². The minimum absolute atomic E-state index is 0.0660. The van der Waals surface area contributed by atoms with E-state index in [1.54, 1.807) is 36.0 Å². The average Bonchev–Trinajstić information content (AvgIpc) is 3.26. The van der Waals surface area contributed by atoms with Crippen molar-refractivity contribution in [3.05, 3.63) is 83.4 Å². The van der Waals surface area contributed by atoms with Crippen LogP contribution in [-0.2, 0) is 0 Å². The first kappa shape index (κ1) is 27.9. The summed E-state index contributed by atoms with van der Waals surface area (Å²) in [4.78, 5) is 3.34. The fraction of sp³-hybridized carbons (Fsp3) is 0.333. The number of hydrogen-bond acceptors (Lipinski definition) is 5. The number of likely N-dealkylation sites (tertiary alicyclic amines) is 1. The van der Waals surface area contributed by atoms with E-state index >= 15 is 0 Å². The number of allylic oxidation sites excluding steroid dienone is 1. The second-order valence-electron chi connectivity index (χ2n) is 9.60. The van der Waals surface area contributed by atoms with E-state index in [2.05, 4.69) is 4.90 Å². The van der Waals surface area contributed by atoms with Gasteiger partial charge < -0.3 is 9.84 Å². The quantitative estimate of drug-likeness (QED) is 0.216. The summed E-state index contributed by atoms with van der Waals surface area (Å²) in [5.74, 6) is 1.73. The predicted molar refractivity (Wildman–Crippen MR) is 150 cm³/mol. The largest absolute Gasteiger partial charge is 0.508 e. The van der Waals surface area contributed by atoms with Gasteiger partial charge in [0.2, 0.25) is 0 Å². The highest BCUT2D eigenvalue weighted by molar-refractivity contribution is 8.00. The van der Waals surface area contributed by atoms with Gasteiger partial charge in [0, 0.05) is 35.2 Å². The van der Waals surface area contributed by atoms with E-state index in [-0.39, 0.29) is 35.2 Å². The highest BCUT2D eigenvalue weighted by Crippen LogP contribution is 2.45. The lowest BCUT2D eigenvalue weighted by Crippen LogP contribution is -2.26. The van der Waals surface area contributed by atoms with Crippen LogP contribution in [0.25, 0.3) is 11.1 Å². The lowest BCUT2D eigenvalue weighted by molar-refractivity contribution is -0.0328. The van der Waals surface area contributed by atoms with Gasteiger partial charge in [-0.25, -0.2) is 0 Å². The Morgan fingerprint density at radius 3 is 2.46 bits per heavy atom. The number of benzene rings is 3. The molecule has 0 amide bonds. The molecule has 2 aliphatic rings. The highest BCUT2D eigenvalue weighted by atomic mass is 32.2. The standard InChI is InChI=1S/C30H29F4NO2S2/c31-14-1-15-35-16-12-24(19-35)37-23-7-2-21(3-8-23)29-26(13-17-38-28-18-22(36)6-11-27(28)29)20-4-9-25(10-5-20)39-30(32,33)34/h2-11,18,24,36H,1,12-17,19H2/t24-/m0/s1. The van der Waals surface area contributed by atoms with Crippen molar-refractivity contribution in [2.24, 2.45) is 0 Å². The highest BCUT2D eigenvalue weighted by Gasteiger charge is 2.29. The van der Waals surface area contributed by atoms with Crippen LogP contribution in [0, 0.1) is 0 Å². The molecular weight excluding hydrogens is 546 g/mol. The van der Waals surface area contributed by atoms with Gasteiger partial charge in [-0.15, -0.1) is 11.8 Å². The fourth-order valence-corrected chi connectivity index (χ4v) is 6.73. The summed E-state index contributed by atoms with van der Waals surface area (Å²) in [6, 6.07) is 19.8. The molecule has 1 fully saturated rings. The van der Waals surface area contributed by atoms with Crippen LogP contribution < -0.4 is 4.74 Å². The minimum atomic E-state index is -4.33. The molecule has 0 aromatic heterocycles. The molecule has 2 heterocycles. The van der Waals surface area contributed by atoms with Gasteiger partial charge >= 0.3 is 5.51 Å². The molecule has 2 aliphatic heterocycles. The number of hydrogen-bond donors (Lipinski definition) is 1. The van der Waals surface area contributed by atoms with E-state index in [4.69, 9.17) is 4.74 Å². The lowest BCUT2D eigenvalue weighted by Gasteiger charge is -2.18. The van der Waals surface area contributed by atoms with E-state index in [9.17, 15) is 22.7 Å². The second-order valence-corrected chi connectivity index (χ2v) is 11.9. The van der Waals surface area contributed by atoms with E-state index in [1.165, 1.54) is 12.1 Å². The summed E-state index contributed by atoms with van der Waals surface area (Å²) in [5, 5.41) is 10.1. The Morgan fingerprint density at radius 2 is 1.74 bits per heavy atom. The van der Waals surface area contributed by atoms with E-state index in [1.807, 2.05) is 30.3 Å². The summed E-state index contributed by atoms with van der Waals surface area (Å²) < 4.78 is 57.3. The number of phenols is 1. The van der Waals surface area contributed by atoms with Crippen molar-refractivity contribution in [3.63, 3.8) is 0 Å². The molecule has 3 aromatic carbocycles. The summed E-state index contributed by atoms with van der Waals surface area (Å²) in [6.07, 6.45) is 2.23. The van der Waals surface area contributed by atoms with Crippen molar-refractivity contribution < 1.29 is 27.4 Å². The van der Waals surface area contributed by atoms with Crippen molar-refractivity contribution in [1.29, 1.82) is 0 Å². The lowest BCUT2D eigenvalue weighted by atomic mass is 9.88. The number of phenolic OH excluding ortho intramolecular Hbond substituents is 1. The molecule has 0 radical (unpaired) electrons. The molecule has 39 heavy (non-hydrogen) atoms. The number of ether oxygens (including phenoxy) is 1. The summed E-state index contributed by atoms with van der Waals surface area (Å²) in [5.41, 5.74) is 0.529. The third kappa shape index (κ3) is 7.13. The van der Waals surface area contributed by atoms with Crippen LogP contribution in [0.3, 0.4) is 0 Å². The molecule has 5 rings (SSSR count). The zero-order valence-electron chi connectivity index (χ0n) is 21.2. The molecule has 0 saturated carbocycles.